The molecule has 3 aromatic rings. The number of nitrogens with two attached hydrogens (primary N) is 1. The maximum atomic E-state index is 9.37. The van der Waals surface area contributed by atoms with Crippen molar-refractivity contribution in [1.29, 1.82) is 0 Å². The third-order valence-corrected chi connectivity index (χ3v) is 5.30. The fourth-order valence-electron chi connectivity index (χ4n) is 3.99. The molecule has 0 aliphatic carbocycles. The minimum Gasteiger partial charge on any atom is -0.399 e. The van der Waals surface area contributed by atoms with Gasteiger partial charge >= 0.3 is 0 Å². The highest BCUT2D eigenvalue weighted by Crippen LogP contribution is 2.33. The predicted octanol–water partition coefficient (Wildman–Crippen LogP) is 1.44. The maximum absolute atomic E-state index is 9.37. The van der Waals surface area contributed by atoms with E-state index in [1.54, 1.807) is 10.9 Å². The van der Waals surface area contributed by atoms with Gasteiger partial charge in [-0.3, -0.25) is 0 Å². The molecular weight excluding hydrogens is 344 g/mol. The number of fused-ring (bicyclic) bond motifs is 3. The van der Waals surface area contributed by atoms with E-state index in [1.165, 1.54) is 0 Å². The van der Waals surface area contributed by atoms with Crippen molar-refractivity contribution in [2.24, 2.45) is 0 Å². The first-order valence-corrected chi connectivity index (χ1v) is 9.32. The molecule has 2 aliphatic rings. The molecule has 2 bridgehead atoms. The zero-order valence-corrected chi connectivity index (χ0v) is 15.0. The smallest absolute Gasteiger partial charge is 0.164 e. The lowest BCUT2D eigenvalue weighted by atomic mass is 10.2. The fourth-order valence-corrected chi connectivity index (χ4v) is 3.99. The van der Waals surface area contributed by atoms with Crippen LogP contribution in [0.4, 0.5) is 11.5 Å². The van der Waals surface area contributed by atoms with Crippen LogP contribution < -0.4 is 10.6 Å². The first kappa shape index (κ1) is 16.5. The molecule has 2 fully saturated rings. The Bertz CT molecular complexity index is 958. The molecule has 0 amide bonds. The summed E-state index contributed by atoms with van der Waals surface area (Å²) in [5.74, 6) is 1.52. The lowest BCUT2D eigenvalue weighted by Crippen LogP contribution is -2.43. The summed E-state index contributed by atoms with van der Waals surface area (Å²) in [5, 5.41) is 14.7. The van der Waals surface area contributed by atoms with Gasteiger partial charge in [-0.05, 0) is 37.1 Å². The number of nitrogen functional groups attached to an aromatic ring is 1. The van der Waals surface area contributed by atoms with Gasteiger partial charge in [0, 0.05) is 24.3 Å². The van der Waals surface area contributed by atoms with Crippen molar-refractivity contribution in [3.8, 4) is 11.4 Å². The van der Waals surface area contributed by atoms with Crippen LogP contribution in [-0.4, -0.2) is 56.8 Å². The Morgan fingerprint density at radius 2 is 1.85 bits per heavy atom. The Kier molecular flexibility index (Phi) is 3.95. The number of morpholine rings is 1. The second kappa shape index (κ2) is 6.47. The van der Waals surface area contributed by atoms with E-state index in [0.29, 0.717) is 18.1 Å². The number of anilines is 2. The fraction of sp³-hybridized carbons (Fsp3) is 0.421. The third kappa shape index (κ3) is 2.90. The monoisotopic (exact) mass is 366 g/mol. The summed E-state index contributed by atoms with van der Waals surface area (Å²) < 4.78 is 7.71. The molecule has 27 heavy (non-hydrogen) atoms. The third-order valence-electron chi connectivity index (χ3n) is 5.30. The number of hydrogen-bond donors (Lipinski definition) is 2. The van der Waals surface area contributed by atoms with Crippen molar-refractivity contribution in [2.75, 3.05) is 30.3 Å². The summed E-state index contributed by atoms with van der Waals surface area (Å²) in [6.45, 7) is 2.06. The van der Waals surface area contributed by atoms with Gasteiger partial charge in [-0.25, -0.2) is 14.6 Å². The first-order chi connectivity index (χ1) is 13.2. The van der Waals surface area contributed by atoms with Crippen LogP contribution in [0.1, 0.15) is 12.8 Å². The van der Waals surface area contributed by atoms with E-state index in [-0.39, 0.29) is 18.8 Å². The molecule has 8 heteroatoms. The maximum Gasteiger partial charge on any atom is 0.164 e. The van der Waals surface area contributed by atoms with Crippen LogP contribution in [0.5, 0.6) is 0 Å². The average Bonchev–Trinajstić information content (AvgIpc) is 3.24. The summed E-state index contributed by atoms with van der Waals surface area (Å²) in [7, 11) is 0. The molecule has 3 N–H and O–H groups in total. The van der Waals surface area contributed by atoms with Crippen molar-refractivity contribution in [3.05, 3.63) is 30.5 Å². The largest absolute Gasteiger partial charge is 0.399 e. The number of benzene rings is 1. The quantitative estimate of drug-likeness (QED) is 0.674. The van der Waals surface area contributed by atoms with Gasteiger partial charge < -0.3 is 20.5 Å². The molecular formula is C19H22N6O2. The van der Waals surface area contributed by atoms with E-state index in [2.05, 4.69) is 10.00 Å². The topological polar surface area (TPSA) is 102 Å². The van der Waals surface area contributed by atoms with E-state index < -0.39 is 0 Å². The molecule has 4 heterocycles. The normalized spacial score (nSPS) is 21.9. The van der Waals surface area contributed by atoms with Crippen LogP contribution >= 0.6 is 0 Å². The number of aliphatic hydroxyl groups excluding tert-OH is 1. The molecule has 0 saturated carbocycles. The number of aromatic nitrogens is 4. The molecule has 5 rings (SSSR count). The number of ether oxygens (including phenoxy) is 1. The molecule has 2 aliphatic heterocycles. The van der Waals surface area contributed by atoms with Gasteiger partial charge in [0.25, 0.3) is 0 Å². The summed E-state index contributed by atoms with van der Waals surface area (Å²) in [5.41, 5.74) is 8.16. The number of rotatable bonds is 4. The average molecular weight is 366 g/mol. The van der Waals surface area contributed by atoms with Gasteiger partial charge in [-0.2, -0.15) is 5.10 Å². The first-order valence-electron chi connectivity index (χ1n) is 9.32. The van der Waals surface area contributed by atoms with Crippen LogP contribution in [0.25, 0.3) is 22.4 Å². The molecule has 1 aromatic carbocycles. The predicted molar refractivity (Wildman–Crippen MR) is 102 cm³/mol. The minimum absolute atomic E-state index is 0.00895. The van der Waals surface area contributed by atoms with E-state index in [4.69, 9.17) is 20.4 Å². The van der Waals surface area contributed by atoms with Crippen LogP contribution in [0, 0.1) is 0 Å². The molecule has 140 valence electrons. The molecule has 2 unspecified atom stereocenters. The Morgan fingerprint density at radius 1 is 1.11 bits per heavy atom. The van der Waals surface area contributed by atoms with Crippen molar-refractivity contribution >= 4 is 22.5 Å². The molecule has 8 nitrogen and oxygen atoms in total. The second-order valence-corrected chi connectivity index (χ2v) is 7.18. The van der Waals surface area contributed by atoms with Crippen molar-refractivity contribution in [2.45, 2.75) is 31.6 Å². The van der Waals surface area contributed by atoms with Crippen LogP contribution in [0.3, 0.4) is 0 Å². The van der Waals surface area contributed by atoms with E-state index in [9.17, 15) is 5.11 Å². The summed E-state index contributed by atoms with van der Waals surface area (Å²) >= 11 is 0. The molecule has 2 aromatic heterocycles. The van der Waals surface area contributed by atoms with E-state index in [0.717, 1.165) is 48.3 Å². The van der Waals surface area contributed by atoms with Crippen molar-refractivity contribution in [3.63, 3.8) is 0 Å². The highest BCUT2D eigenvalue weighted by Gasteiger charge is 2.35. The van der Waals surface area contributed by atoms with Crippen molar-refractivity contribution in [1.82, 2.24) is 19.7 Å². The van der Waals surface area contributed by atoms with Gasteiger partial charge in [0.05, 0.1) is 36.9 Å². The molecule has 2 saturated heterocycles. The second-order valence-electron chi connectivity index (χ2n) is 7.18. The SMILES string of the molecule is Nc1ccc(-c2nc(N3CC4CCC(C3)O4)c3cnn(CCO)c3n2)cc1. The number of nitrogens with zero attached hydrogens (tertiary/aromatic N) is 5. The Hall–Kier alpha value is -2.71. The lowest BCUT2D eigenvalue weighted by Gasteiger charge is -2.33. The van der Waals surface area contributed by atoms with Gasteiger partial charge in [0.2, 0.25) is 0 Å². The Balaban J connectivity index is 1.65. The van der Waals surface area contributed by atoms with Gasteiger partial charge in [-0.15, -0.1) is 0 Å². The minimum atomic E-state index is 0.00895. The molecule has 0 radical (unpaired) electrons. The van der Waals surface area contributed by atoms with Crippen LogP contribution in [-0.2, 0) is 11.3 Å². The van der Waals surface area contributed by atoms with Gasteiger partial charge in [-0.1, -0.05) is 0 Å². The zero-order chi connectivity index (χ0) is 18.4. The standard InChI is InChI=1S/C19H22N6O2/c20-13-3-1-12(2-4-13)17-22-18(24-10-14-5-6-15(11-24)27-14)16-9-21-25(7-8-26)19(16)23-17/h1-4,9,14-15,26H,5-8,10-11,20H2. The lowest BCUT2D eigenvalue weighted by molar-refractivity contribution is 0.0303. The highest BCUT2D eigenvalue weighted by molar-refractivity contribution is 5.89. The number of hydrogen-bond acceptors (Lipinski definition) is 7. The zero-order valence-electron chi connectivity index (χ0n) is 15.0. The van der Waals surface area contributed by atoms with E-state index in [1.807, 2.05) is 24.3 Å². The van der Waals surface area contributed by atoms with E-state index >= 15 is 0 Å². The van der Waals surface area contributed by atoms with Gasteiger partial charge in [0.15, 0.2) is 11.5 Å². The molecule has 2 atom stereocenters. The number of aliphatic hydroxyl groups is 1. The highest BCUT2D eigenvalue weighted by atomic mass is 16.5. The summed E-state index contributed by atoms with van der Waals surface area (Å²) in [6, 6.07) is 7.55. The van der Waals surface area contributed by atoms with Gasteiger partial charge in [0.1, 0.15) is 5.82 Å². The van der Waals surface area contributed by atoms with Crippen molar-refractivity contribution < 1.29 is 9.84 Å². The van der Waals surface area contributed by atoms with Crippen LogP contribution in [0.2, 0.25) is 0 Å². The Labute approximate surface area is 156 Å². The molecule has 0 spiro atoms. The van der Waals surface area contributed by atoms with Crippen LogP contribution in [0.15, 0.2) is 30.5 Å². The summed E-state index contributed by atoms with van der Waals surface area (Å²) in [6.07, 6.45) is 4.53. The summed E-state index contributed by atoms with van der Waals surface area (Å²) in [4.78, 5) is 11.9. The Morgan fingerprint density at radius 3 is 2.56 bits per heavy atom.